The second-order valence-corrected chi connectivity index (χ2v) is 9.94. The van der Waals surface area contributed by atoms with E-state index in [1.165, 1.54) is 16.2 Å². The molecule has 1 fully saturated rings. The van der Waals surface area contributed by atoms with Crippen molar-refractivity contribution in [1.82, 2.24) is 15.2 Å². The number of amides is 3. The van der Waals surface area contributed by atoms with E-state index in [0.717, 1.165) is 16.7 Å². The van der Waals surface area contributed by atoms with Gasteiger partial charge in [-0.05, 0) is 59.3 Å². The topological polar surface area (TPSA) is 101 Å². The van der Waals surface area contributed by atoms with Gasteiger partial charge in [-0.3, -0.25) is 19.5 Å². The second-order valence-electron chi connectivity index (χ2n) is 8.99. The first-order valence-corrected chi connectivity index (χ1v) is 13.0. The number of aryl methyl sites for hydroxylation is 1. The van der Waals surface area contributed by atoms with Gasteiger partial charge in [-0.1, -0.05) is 48.0 Å². The summed E-state index contributed by atoms with van der Waals surface area (Å²) in [6.45, 7) is 2.51. The van der Waals surface area contributed by atoms with Gasteiger partial charge in [-0.25, -0.2) is 4.79 Å². The van der Waals surface area contributed by atoms with Crippen molar-refractivity contribution < 1.29 is 19.1 Å². The van der Waals surface area contributed by atoms with Gasteiger partial charge in [-0.2, -0.15) is 0 Å². The van der Waals surface area contributed by atoms with Crippen LogP contribution in [0.25, 0.3) is 0 Å². The van der Waals surface area contributed by atoms with E-state index in [1.54, 1.807) is 42.7 Å². The number of carbonyl (C=O) groups is 3. The fourth-order valence-corrected chi connectivity index (χ4v) is 4.99. The predicted octanol–water partition coefficient (Wildman–Crippen LogP) is 5.08. The molecule has 2 aromatic heterocycles. The van der Waals surface area contributed by atoms with Gasteiger partial charge in [-0.15, -0.1) is 11.3 Å². The highest BCUT2D eigenvalue weighted by Gasteiger charge is 2.46. The number of anilines is 1. The van der Waals surface area contributed by atoms with Crippen molar-refractivity contribution in [2.75, 3.05) is 5.32 Å². The number of nitrogens with one attached hydrogen (secondary N) is 2. The maximum atomic E-state index is 13.5. The van der Waals surface area contributed by atoms with Crippen LogP contribution in [0.15, 0.2) is 90.6 Å². The molecule has 5 rings (SSSR count). The lowest BCUT2D eigenvalue weighted by atomic mass is 10.00. The van der Waals surface area contributed by atoms with E-state index in [2.05, 4.69) is 15.6 Å². The van der Waals surface area contributed by atoms with Crippen molar-refractivity contribution >= 4 is 34.9 Å². The smallest absolute Gasteiger partial charge is 0.411 e. The Balaban J connectivity index is 1.37. The van der Waals surface area contributed by atoms with Crippen molar-refractivity contribution in [3.63, 3.8) is 0 Å². The zero-order valence-corrected chi connectivity index (χ0v) is 21.5. The molecule has 9 heteroatoms. The van der Waals surface area contributed by atoms with E-state index in [4.69, 9.17) is 4.74 Å². The monoisotopic (exact) mass is 526 g/mol. The van der Waals surface area contributed by atoms with Crippen molar-refractivity contribution in [3.8, 4) is 0 Å². The van der Waals surface area contributed by atoms with E-state index >= 15 is 0 Å². The molecule has 1 saturated heterocycles. The van der Waals surface area contributed by atoms with Crippen LogP contribution in [-0.2, 0) is 22.6 Å². The Morgan fingerprint density at radius 3 is 2.50 bits per heavy atom. The molecule has 1 aliphatic heterocycles. The van der Waals surface area contributed by atoms with E-state index in [1.807, 2.05) is 54.8 Å². The quantitative estimate of drug-likeness (QED) is 0.333. The summed E-state index contributed by atoms with van der Waals surface area (Å²) in [5.41, 5.74) is 4.12. The molecule has 2 atom stereocenters. The Hall–Kier alpha value is -4.50. The normalized spacial score (nSPS) is 16.7. The lowest BCUT2D eigenvalue weighted by molar-refractivity contribution is -0.126. The number of thiophene rings is 1. The maximum absolute atomic E-state index is 13.5. The fourth-order valence-electron chi connectivity index (χ4n) is 4.37. The predicted molar refractivity (Wildman–Crippen MR) is 145 cm³/mol. The summed E-state index contributed by atoms with van der Waals surface area (Å²) in [6.07, 6.45) is 1.95. The standard InChI is InChI=1S/C29H26N4O4S/c1-19-4-2-5-21(16-19)18-33-25(28(35)31-17-20-11-13-30-14-12-20)26(37-29(33)36)22-7-9-23(10-8-22)32-27(34)24-6-3-15-38-24/h2-16,25-26H,17-18H2,1H3,(H,31,35)(H,32,34). The molecule has 2 N–H and O–H groups in total. The van der Waals surface area contributed by atoms with Gasteiger partial charge < -0.3 is 15.4 Å². The molecule has 4 aromatic rings. The van der Waals surface area contributed by atoms with Gasteiger partial charge in [0.1, 0.15) is 0 Å². The third kappa shape index (κ3) is 5.73. The minimum atomic E-state index is -0.878. The molecule has 2 aromatic carbocycles. The number of benzene rings is 2. The molecule has 0 bridgehead atoms. The first-order valence-electron chi connectivity index (χ1n) is 12.1. The molecular weight excluding hydrogens is 500 g/mol. The summed E-state index contributed by atoms with van der Waals surface area (Å²) >= 11 is 1.36. The van der Waals surface area contributed by atoms with E-state index < -0.39 is 18.2 Å². The molecule has 8 nitrogen and oxygen atoms in total. The van der Waals surface area contributed by atoms with Crippen LogP contribution in [0.4, 0.5) is 10.5 Å². The number of aromatic nitrogens is 1. The van der Waals surface area contributed by atoms with Crippen molar-refractivity contribution in [3.05, 3.63) is 118 Å². The molecule has 0 aliphatic carbocycles. The van der Waals surface area contributed by atoms with Crippen LogP contribution in [0.5, 0.6) is 0 Å². The lowest BCUT2D eigenvalue weighted by Crippen LogP contribution is -2.46. The molecule has 2 unspecified atom stereocenters. The summed E-state index contributed by atoms with van der Waals surface area (Å²) in [5.74, 6) is -0.516. The lowest BCUT2D eigenvalue weighted by Gasteiger charge is -2.24. The number of cyclic esters (lactones) is 1. The number of carbonyl (C=O) groups excluding carboxylic acids is 3. The number of pyridine rings is 1. The van der Waals surface area contributed by atoms with Crippen molar-refractivity contribution in [2.45, 2.75) is 32.2 Å². The Morgan fingerprint density at radius 1 is 1.00 bits per heavy atom. The van der Waals surface area contributed by atoms with Crippen LogP contribution in [0.3, 0.4) is 0 Å². The van der Waals surface area contributed by atoms with Gasteiger partial charge in [0.05, 0.1) is 11.4 Å². The summed E-state index contributed by atoms with van der Waals surface area (Å²) in [7, 11) is 0. The molecule has 1 aliphatic rings. The second kappa shape index (κ2) is 11.3. The average molecular weight is 527 g/mol. The minimum Gasteiger partial charge on any atom is -0.438 e. The summed E-state index contributed by atoms with van der Waals surface area (Å²) in [6, 6.07) is 21.2. The van der Waals surface area contributed by atoms with Crippen LogP contribution in [0, 0.1) is 6.92 Å². The molecule has 3 amide bonds. The van der Waals surface area contributed by atoms with Crippen molar-refractivity contribution in [2.24, 2.45) is 0 Å². The zero-order chi connectivity index (χ0) is 26.5. The molecular formula is C29H26N4O4S. The van der Waals surface area contributed by atoms with Crippen LogP contribution in [-0.4, -0.2) is 33.8 Å². The van der Waals surface area contributed by atoms with E-state index in [-0.39, 0.29) is 18.4 Å². The highest BCUT2D eigenvalue weighted by atomic mass is 32.1. The molecule has 0 radical (unpaired) electrons. The van der Waals surface area contributed by atoms with E-state index in [9.17, 15) is 14.4 Å². The van der Waals surface area contributed by atoms with Crippen LogP contribution in [0.2, 0.25) is 0 Å². The fraction of sp³-hybridized carbons (Fsp3) is 0.172. The maximum Gasteiger partial charge on any atom is 0.411 e. The van der Waals surface area contributed by atoms with Gasteiger partial charge in [0.2, 0.25) is 5.91 Å². The molecule has 0 spiro atoms. The van der Waals surface area contributed by atoms with Crippen molar-refractivity contribution in [1.29, 1.82) is 0 Å². The Kier molecular flexibility index (Phi) is 7.46. The molecule has 0 saturated carbocycles. The van der Waals surface area contributed by atoms with Gasteiger partial charge in [0, 0.05) is 24.6 Å². The molecule has 192 valence electrons. The minimum absolute atomic E-state index is 0.197. The summed E-state index contributed by atoms with van der Waals surface area (Å²) < 4.78 is 5.76. The van der Waals surface area contributed by atoms with Gasteiger partial charge in [0.25, 0.3) is 5.91 Å². The zero-order valence-electron chi connectivity index (χ0n) is 20.7. The Bertz CT molecular complexity index is 1420. The number of hydrogen-bond acceptors (Lipinski definition) is 6. The molecule has 38 heavy (non-hydrogen) atoms. The number of hydrogen-bond donors (Lipinski definition) is 2. The van der Waals surface area contributed by atoms with E-state index in [0.29, 0.717) is 22.7 Å². The number of ether oxygens (including phenoxy) is 1. The number of nitrogens with zero attached hydrogens (tertiary/aromatic N) is 2. The summed E-state index contributed by atoms with van der Waals surface area (Å²) in [4.78, 5) is 45.0. The Labute approximate surface area is 224 Å². The first kappa shape index (κ1) is 25.2. The average Bonchev–Trinajstić information content (AvgIpc) is 3.57. The van der Waals surface area contributed by atoms with Crippen LogP contribution >= 0.6 is 11.3 Å². The SMILES string of the molecule is Cc1cccc(CN2C(=O)OC(c3ccc(NC(=O)c4cccs4)cc3)C2C(=O)NCc2ccncc2)c1. The largest absolute Gasteiger partial charge is 0.438 e. The summed E-state index contributed by atoms with van der Waals surface area (Å²) in [5, 5.41) is 7.65. The van der Waals surface area contributed by atoms with Gasteiger partial charge in [0.15, 0.2) is 12.1 Å². The third-order valence-corrected chi connectivity index (χ3v) is 7.12. The van der Waals surface area contributed by atoms with Crippen LogP contribution in [0.1, 0.15) is 38.0 Å². The molecule has 3 heterocycles. The highest BCUT2D eigenvalue weighted by molar-refractivity contribution is 7.12. The van der Waals surface area contributed by atoms with Crippen LogP contribution < -0.4 is 10.6 Å². The third-order valence-electron chi connectivity index (χ3n) is 6.25. The Morgan fingerprint density at radius 2 is 1.79 bits per heavy atom. The van der Waals surface area contributed by atoms with Gasteiger partial charge >= 0.3 is 6.09 Å². The first-order chi connectivity index (χ1) is 18.5. The highest BCUT2D eigenvalue weighted by Crippen LogP contribution is 2.34. The number of rotatable bonds is 8.